The molecule has 3 heteroatoms. The first kappa shape index (κ1) is 14.4. The molecule has 0 aliphatic heterocycles. The summed E-state index contributed by atoms with van der Waals surface area (Å²) in [6.45, 7) is 2.13. The van der Waals surface area contributed by atoms with Gasteiger partial charge in [-0.3, -0.25) is 4.79 Å². The summed E-state index contributed by atoms with van der Waals surface area (Å²) >= 11 is 6.60. The Balaban J connectivity index is 1.94. The number of hydrogen-bond donors (Lipinski definition) is 1. The molecular weight excluding hydrogens is 260 g/mol. The summed E-state index contributed by atoms with van der Waals surface area (Å²) in [6, 6.07) is 8.40. The number of halogens is 1. The summed E-state index contributed by atoms with van der Waals surface area (Å²) in [6.07, 6.45) is 4.24. The quantitative estimate of drug-likeness (QED) is 0.811. The lowest BCUT2D eigenvalue weighted by atomic mass is 9.78. The molecule has 2 rings (SSSR count). The van der Waals surface area contributed by atoms with E-state index in [1.165, 1.54) is 11.1 Å². The maximum absolute atomic E-state index is 10.6. The Morgan fingerprint density at radius 1 is 1.47 bits per heavy atom. The molecule has 2 nitrogen and oxygen atoms in total. The van der Waals surface area contributed by atoms with Crippen molar-refractivity contribution in [1.82, 2.24) is 0 Å². The van der Waals surface area contributed by atoms with Crippen molar-refractivity contribution in [3.05, 3.63) is 35.4 Å². The zero-order valence-corrected chi connectivity index (χ0v) is 12.1. The lowest BCUT2D eigenvalue weighted by Crippen LogP contribution is -2.19. The van der Waals surface area contributed by atoms with Gasteiger partial charge in [0, 0.05) is 6.42 Å². The molecule has 19 heavy (non-hydrogen) atoms. The highest BCUT2D eigenvalue weighted by Gasteiger charge is 2.28. The Labute approximate surface area is 119 Å². The summed E-state index contributed by atoms with van der Waals surface area (Å²) in [5.74, 6) is 0.191. The second-order valence-corrected chi connectivity index (χ2v) is 6.14. The van der Waals surface area contributed by atoms with Gasteiger partial charge in [-0.15, -0.1) is 11.6 Å². The van der Waals surface area contributed by atoms with Gasteiger partial charge in [-0.25, -0.2) is 0 Å². The average molecular weight is 281 g/mol. The molecule has 0 spiro atoms. The van der Waals surface area contributed by atoms with Crippen molar-refractivity contribution in [1.29, 1.82) is 0 Å². The number of carbonyl (C=O) groups is 1. The van der Waals surface area contributed by atoms with Gasteiger partial charge in [0.2, 0.25) is 0 Å². The average Bonchev–Trinajstić information content (AvgIpc) is 2.40. The molecule has 0 saturated heterocycles. The first-order valence-electron chi connectivity index (χ1n) is 7.01. The van der Waals surface area contributed by atoms with E-state index < -0.39 is 5.97 Å². The van der Waals surface area contributed by atoms with Crippen LogP contribution in [0.5, 0.6) is 0 Å². The van der Waals surface area contributed by atoms with E-state index >= 15 is 0 Å². The molecular formula is C16H21ClO2. The lowest BCUT2D eigenvalue weighted by molar-refractivity contribution is -0.137. The van der Waals surface area contributed by atoms with Gasteiger partial charge >= 0.3 is 5.97 Å². The summed E-state index contributed by atoms with van der Waals surface area (Å²) in [7, 11) is 0. The molecule has 0 bridgehead atoms. The van der Waals surface area contributed by atoms with Gasteiger partial charge in [0.1, 0.15) is 0 Å². The highest BCUT2D eigenvalue weighted by molar-refractivity contribution is 6.21. The minimum atomic E-state index is -0.705. The van der Waals surface area contributed by atoms with Crippen molar-refractivity contribution in [2.24, 2.45) is 11.8 Å². The molecule has 0 heterocycles. The van der Waals surface area contributed by atoms with E-state index in [0.29, 0.717) is 11.8 Å². The second-order valence-electron chi connectivity index (χ2n) is 5.67. The Hall–Kier alpha value is -1.02. The largest absolute Gasteiger partial charge is 0.481 e. The second kappa shape index (κ2) is 6.42. The van der Waals surface area contributed by atoms with E-state index in [1.54, 1.807) is 0 Å². The van der Waals surface area contributed by atoms with E-state index in [4.69, 9.17) is 16.7 Å². The predicted octanol–water partition coefficient (Wildman–Crippen LogP) is 4.42. The van der Waals surface area contributed by atoms with Gasteiger partial charge in [-0.05, 0) is 48.6 Å². The third kappa shape index (κ3) is 3.73. The SMILES string of the molecule is CC(CCC(=O)O)CC1CCc2ccccc2C1Cl. The van der Waals surface area contributed by atoms with E-state index in [9.17, 15) is 4.79 Å². The van der Waals surface area contributed by atoms with Crippen LogP contribution in [-0.2, 0) is 11.2 Å². The van der Waals surface area contributed by atoms with Crippen molar-refractivity contribution in [2.75, 3.05) is 0 Å². The number of alkyl halides is 1. The summed E-state index contributed by atoms with van der Waals surface area (Å²) in [4.78, 5) is 10.6. The zero-order valence-electron chi connectivity index (χ0n) is 11.3. The summed E-state index contributed by atoms with van der Waals surface area (Å²) < 4.78 is 0. The van der Waals surface area contributed by atoms with Crippen LogP contribution < -0.4 is 0 Å². The van der Waals surface area contributed by atoms with Crippen LogP contribution in [0, 0.1) is 11.8 Å². The molecule has 3 unspecified atom stereocenters. The number of carboxylic acid groups (broad SMARTS) is 1. The molecule has 1 aromatic rings. The number of aryl methyl sites for hydroxylation is 1. The first-order valence-corrected chi connectivity index (χ1v) is 7.45. The molecule has 1 aliphatic carbocycles. The summed E-state index contributed by atoms with van der Waals surface area (Å²) in [5, 5.41) is 8.81. The van der Waals surface area contributed by atoms with Crippen molar-refractivity contribution in [2.45, 2.75) is 44.4 Å². The van der Waals surface area contributed by atoms with Crippen molar-refractivity contribution >= 4 is 17.6 Å². The minimum Gasteiger partial charge on any atom is -0.481 e. The molecule has 3 atom stereocenters. The Kier molecular flexibility index (Phi) is 4.87. The van der Waals surface area contributed by atoms with Crippen molar-refractivity contribution in [3.8, 4) is 0 Å². The van der Waals surface area contributed by atoms with Crippen LogP contribution in [0.15, 0.2) is 24.3 Å². The first-order chi connectivity index (χ1) is 9.08. The smallest absolute Gasteiger partial charge is 0.303 e. The molecule has 0 amide bonds. The molecule has 0 fully saturated rings. The van der Waals surface area contributed by atoms with Crippen LogP contribution in [-0.4, -0.2) is 11.1 Å². The normalized spacial score (nSPS) is 23.7. The Bertz CT molecular complexity index is 444. The van der Waals surface area contributed by atoms with Gasteiger partial charge in [0.25, 0.3) is 0 Å². The maximum atomic E-state index is 10.6. The van der Waals surface area contributed by atoms with Crippen LogP contribution >= 0.6 is 11.6 Å². The number of carboxylic acids is 1. The molecule has 0 saturated carbocycles. The number of fused-ring (bicyclic) bond motifs is 1. The number of aliphatic carboxylic acids is 1. The topological polar surface area (TPSA) is 37.3 Å². The third-order valence-electron chi connectivity index (χ3n) is 4.11. The van der Waals surface area contributed by atoms with Gasteiger partial charge in [0.15, 0.2) is 0 Å². The Morgan fingerprint density at radius 2 is 2.21 bits per heavy atom. The van der Waals surface area contributed by atoms with E-state index in [-0.39, 0.29) is 11.8 Å². The van der Waals surface area contributed by atoms with Crippen LogP contribution in [0.25, 0.3) is 0 Å². The van der Waals surface area contributed by atoms with Gasteiger partial charge in [-0.2, -0.15) is 0 Å². The molecule has 1 aromatic carbocycles. The number of hydrogen-bond acceptors (Lipinski definition) is 1. The van der Waals surface area contributed by atoms with Crippen LogP contribution in [0.2, 0.25) is 0 Å². The highest BCUT2D eigenvalue weighted by atomic mass is 35.5. The fourth-order valence-corrected chi connectivity index (χ4v) is 3.46. The lowest BCUT2D eigenvalue weighted by Gasteiger charge is -2.31. The van der Waals surface area contributed by atoms with E-state index in [1.807, 2.05) is 6.07 Å². The fraction of sp³-hybridized carbons (Fsp3) is 0.562. The Morgan fingerprint density at radius 3 is 2.95 bits per heavy atom. The zero-order chi connectivity index (χ0) is 13.8. The number of benzene rings is 1. The molecule has 0 aromatic heterocycles. The van der Waals surface area contributed by atoms with E-state index in [2.05, 4.69) is 25.1 Å². The van der Waals surface area contributed by atoms with Gasteiger partial charge in [0.05, 0.1) is 5.38 Å². The predicted molar refractivity (Wildman–Crippen MR) is 77.5 cm³/mol. The van der Waals surface area contributed by atoms with Gasteiger partial charge < -0.3 is 5.11 Å². The van der Waals surface area contributed by atoms with Crippen molar-refractivity contribution < 1.29 is 9.90 Å². The molecule has 1 aliphatic rings. The van der Waals surface area contributed by atoms with Crippen LogP contribution in [0.3, 0.4) is 0 Å². The van der Waals surface area contributed by atoms with E-state index in [0.717, 1.165) is 25.7 Å². The van der Waals surface area contributed by atoms with Crippen LogP contribution in [0.1, 0.15) is 49.1 Å². The van der Waals surface area contributed by atoms with Gasteiger partial charge in [-0.1, -0.05) is 31.2 Å². The van der Waals surface area contributed by atoms with Crippen LogP contribution in [0.4, 0.5) is 0 Å². The number of rotatable bonds is 5. The summed E-state index contributed by atoms with van der Waals surface area (Å²) in [5.41, 5.74) is 2.64. The monoisotopic (exact) mass is 280 g/mol. The fourth-order valence-electron chi connectivity index (χ4n) is 3.01. The van der Waals surface area contributed by atoms with Crippen molar-refractivity contribution in [3.63, 3.8) is 0 Å². The molecule has 0 radical (unpaired) electrons. The standard InChI is InChI=1S/C16H21ClO2/c1-11(6-9-15(18)19)10-13-8-7-12-4-2-3-5-14(12)16(13)17/h2-5,11,13,16H,6-10H2,1H3,(H,18,19). The maximum Gasteiger partial charge on any atom is 0.303 e. The highest BCUT2D eigenvalue weighted by Crippen LogP contribution is 2.42. The minimum absolute atomic E-state index is 0.0808. The third-order valence-corrected chi connectivity index (χ3v) is 4.70. The molecule has 104 valence electrons. The molecule has 1 N–H and O–H groups in total.